The molecule has 2 rings (SSSR count). The summed E-state index contributed by atoms with van der Waals surface area (Å²) in [5.41, 5.74) is 1.29. The largest absolute Gasteiger partial charge is 0.285 e. The molecular weight excluding hydrogens is 208 g/mol. The second-order valence-corrected chi connectivity index (χ2v) is 4.65. The summed E-state index contributed by atoms with van der Waals surface area (Å²) in [6, 6.07) is 10.4. The van der Waals surface area contributed by atoms with Crippen molar-refractivity contribution in [1.29, 1.82) is 0 Å². The monoisotopic (exact) mass is 226 g/mol. The van der Waals surface area contributed by atoms with Crippen LogP contribution in [0.25, 0.3) is 0 Å². The van der Waals surface area contributed by atoms with E-state index >= 15 is 0 Å². The molecule has 1 aliphatic carbocycles. The Kier molecular flexibility index (Phi) is 3.98. The summed E-state index contributed by atoms with van der Waals surface area (Å²) in [6.07, 6.45) is 4.49. The van der Waals surface area contributed by atoms with Gasteiger partial charge < -0.3 is 0 Å². The summed E-state index contributed by atoms with van der Waals surface area (Å²) in [7, 11) is 0. The Balaban J connectivity index is 2.23. The third kappa shape index (κ3) is 2.77. The van der Waals surface area contributed by atoms with E-state index in [9.17, 15) is 4.79 Å². The van der Waals surface area contributed by atoms with E-state index in [0.717, 1.165) is 19.3 Å². The van der Waals surface area contributed by atoms with Crippen molar-refractivity contribution in [2.24, 2.45) is 5.92 Å². The number of ketones is 1. The minimum absolute atomic E-state index is 0.110. The predicted octanol–water partition coefficient (Wildman–Crippen LogP) is 3.55. The van der Waals surface area contributed by atoms with Gasteiger partial charge in [-0.25, -0.2) is 0 Å². The molecule has 0 aliphatic heterocycles. The van der Waals surface area contributed by atoms with Crippen molar-refractivity contribution in [1.82, 2.24) is 0 Å². The maximum Gasteiger partial charge on any atom is 0.209 e. The number of carbonyl (C=O) groups excluding carboxylic acids is 1. The fraction of sp³-hybridized carbons (Fsp3) is 0.438. The highest BCUT2D eigenvalue weighted by Crippen LogP contribution is 2.38. The van der Waals surface area contributed by atoms with Gasteiger partial charge in [-0.05, 0) is 37.2 Å². The lowest BCUT2D eigenvalue weighted by Gasteiger charge is -2.29. The van der Waals surface area contributed by atoms with Crippen LogP contribution in [-0.2, 0) is 4.79 Å². The molecule has 1 nitrogen and oxygen atoms in total. The SMILES string of the molecule is CC#CC(=O)C1CCCCC1c1ccccc1. The van der Waals surface area contributed by atoms with Gasteiger partial charge in [-0.1, -0.05) is 49.1 Å². The average molecular weight is 226 g/mol. The number of Topliss-reactive ketones (excluding diaryl/α,β-unsaturated/α-hetero) is 1. The van der Waals surface area contributed by atoms with E-state index in [0.29, 0.717) is 5.92 Å². The van der Waals surface area contributed by atoms with Gasteiger partial charge in [0.2, 0.25) is 5.78 Å². The summed E-state index contributed by atoms with van der Waals surface area (Å²) in [5, 5.41) is 0. The Morgan fingerprint density at radius 3 is 2.59 bits per heavy atom. The summed E-state index contributed by atoms with van der Waals surface area (Å²) in [4.78, 5) is 12.0. The molecule has 0 N–H and O–H groups in total. The molecule has 0 heterocycles. The van der Waals surface area contributed by atoms with Crippen LogP contribution in [0, 0.1) is 17.8 Å². The third-order valence-corrected chi connectivity index (χ3v) is 3.58. The van der Waals surface area contributed by atoms with Crippen LogP contribution >= 0.6 is 0 Å². The Morgan fingerprint density at radius 2 is 1.88 bits per heavy atom. The molecule has 1 heteroatoms. The molecule has 0 spiro atoms. The topological polar surface area (TPSA) is 17.1 Å². The minimum Gasteiger partial charge on any atom is -0.285 e. The van der Waals surface area contributed by atoms with Crippen LogP contribution in [0.3, 0.4) is 0 Å². The van der Waals surface area contributed by atoms with Gasteiger partial charge in [-0.2, -0.15) is 0 Å². The first kappa shape index (κ1) is 11.9. The molecule has 17 heavy (non-hydrogen) atoms. The molecule has 1 aromatic rings. The normalized spacial score (nSPS) is 23.6. The lowest BCUT2D eigenvalue weighted by molar-refractivity contribution is -0.118. The number of carbonyl (C=O) groups is 1. The van der Waals surface area contributed by atoms with Gasteiger partial charge in [-0.3, -0.25) is 4.79 Å². The fourth-order valence-corrected chi connectivity index (χ4v) is 2.76. The highest BCUT2D eigenvalue weighted by Gasteiger charge is 2.30. The van der Waals surface area contributed by atoms with E-state index < -0.39 is 0 Å². The Labute approximate surface area is 103 Å². The van der Waals surface area contributed by atoms with Gasteiger partial charge in [0.15, 0.2) is 0 Å². The molecule has 1 fully saturated rings. The van der Waals surface area contributed by atoms with Crippen LogP contribution in [0.2, 0.25) is 0 Å². The zero-order valence-electron chi connectivity index (χ0n) is 10.3. The van der Waals surface area contributed by atoms with Gasteiger partial charge >= 0.3 is 0 Å². The molecule has 0 aromatic heterocycles. The maximum absolute atomic E-state index is 12.0. The molecule has 0 radical (unpaired) electrons. The number of hydrogen-bond acceptors (Lipinski definition) is 1. The first-order valence-electron chi connectivity index (χ1n) is 6.34. The van der Waals surface area contributed by atoms with Crippen LogP contribution in [-0.4, -0.2) is 5.78 Å². The summed E-state index contributed by atoms with van der Waals surface area (Å²) >= 11 is 0. The summed E-state index contributed by atoms with van der Waals surface area (Å²) < 4.78 is 0. The van der Waals surface area contributed by atoms with Crippen molar-refractivity contribution in [3.8, 4) is 11.8 Å². The van der Waals surface area contributed by atoms with Gasteiger partial charge in [0.25, 0.3) is 0 Å². The van der Waals surface area contributed by atoms with E-state index in [4.69, 9.17) is 0 Å². The number of benzene rings is 1. The molecule has 88 valence electrons. The van der Waals surface area contributed by atoms with Crippen molar-refractivity contribution in [2.75, 3.05) is 0 Å². The van der Waals surface area contributed by atoms with Crippen molar-refractivity contribution in [2.45, 2.75) is 38.5 Å². The van der Waals surface area contributed by atoms with Crippen molar-refractivity contribution in [3.05, 3.63) is 35.9 Å². The highest BCUT2D eigenvalue weighted by atomic mass is 16.1. The molecule has 2 unspecified atom stereocenters. The third-order valence-electron chi connectivity index (χ3n) is 3.58. The lowest BCUT2D eigenvalue weighted by atomic mass is 9.73. The predicted molar refractivity (Wildman–Crippen MR) is 69.6 cm³/mol. The van der Waals surface area contributed by atoms with E-state index in [-0.39, 0.29) is 11.7 Å². The molecule has 1 aromatic carbocycles. The van der Waals surface area contributed by atoms with Crippen molar-refractivity contribution in [3.63, 3.8) is 0 Å². The van der Waals surface area contributed by atoms with Crippen LogP contribution in [0.15, 0.2) is 30.3 Å². The molecule has 2 atom stereocenters. The Morgan fingerprint density at radius 1 is 1.18 bits per heavy atom. The van der Waals surface area contributed by atoms with Gasteiger partial charge in [-0.15, -0.1) is 0 Å². The molecular formula is C16H18O. The molecule has 1 saturated carbocycles. The second kappa shape index (κ2) is 5.68. The number of hydrogen-bond donors (Lipinski definition) is 0. The van der Waals surface area contributed by atoms with Gasteiger partial charge in [0.05, 0.1) is 0 Å². The van der Waals surface area contributed by atoms with E-state index in [1.165, 1.54) is 12.0 Å². The van der Waals surface area contributed by atoms with Crippen molar-refractivity contribution >= 4 is 5.78 Å². The molecule has 0 amide bonds. The highest BCUT2D eigenvalue weighted by molar-refractivity contribution is 5.97. The van der Waals surface area contributed by atoms with E-state index in [2.05, 4.69) is 36.1 Å². The van der Waals surface area contributed by atoms with E-state index in [1.807, 2.05) is 6.07 Å². The smallest absolute Gasteiger partial charge is 0.209 e. The summed E-state index contributed by atoms with van der Waals surface area (Å²) in [6.45, 7) is 1.73. The fourth-order valence-electron chi connectivity index (χ4n) is 2.76. The molecule has 0 bridgehead atoms. The Bertz CT molecular complexity index is 436. The zero-order chi connectivity index (χ0) is 12.1. The van der Waals surface area contributed by atoms with Crippen LogP contribution < -0.4 is 0 Å². The average Bonchev–Trinajstić information content (AvgIpc) is 2.40. The molecule has 1 aliphatic rings. The Hall–Kier alpha value is -1.55. The first-order valence-corrected chi connectivity index (χ1v) is 6.34. The zero-order valence-corrected chi connectivity index (χ0v) is 10.3. The van der Waals surface area contributed by atoms with Crippen LogP contribution in [0.1, 0.15) is 44.1 Å². The maximum atomic E-state index is 12.0. The van der Waals surface area contributed by atoms with Gasteiger partial charge in [0.1, 0.15) is 0 Å². The quantitative estimate of drug-likeness (QED) is 0.556. The lowest BCUT2D eigenvalue weighted by Crippen LogP contribution is -2.24. The summed E-state index contributed by atoms with van der Waals surface area (Å²) in [5.74, 6) is 6.07. The minimum atomic E-state index is 0.110. The first-order chi connectivity index (χ1) is 8.33. The van der Waals surface area contributed by atoms with Crippen LogP contribution in [0.5, 0.6) is 0 Å². The molecule has 0 saturated heterocycles. The second-order valence-electron chi connectivity index (χ2n) is 4.65. The standard InChI is InChI=1S/C16H18O/c1-2-8-16(17)15-12-7-6-11-14(15)13-9-4-3-5-10-13/h3-5,9-10,14-15H,6-7,11-12H2,1H3. The van der Waals surface area contributed by atoms with Crippen LogP contribution in [0.4, 0.5) is 0 Å². The number of rotatable bonds is 2. The van der Waals surface area contributed by atoms with Gasteiger partial charge in [0, 0.05) is 5.92 Å². The van der Waals surface area contributed by atoms with E-state index in [1.54, 1.807) is 6.92 Å². The van der Waals surface area contributed by atoms with Crippen molar-refractivity contribution < 1.29 is 4.79 Å².